The number of aryl methyl sites for hydroxylation is 1. The van der Waals surface area contributed by atoms with Crippen LogP contribution in [0, 0.1) is 5.92 Å². The van der Waals surface area contributed by atoms with Gasteiger partial charge in [0.2, 0.25) is 5.91 Å². The van der Waals surface area contributed by atoms with Crippen LogP contribution in [0.25, 0.3) is 0 Å². The normalized spacial score (nSPS) is 22.4. The number of amidine groups is 1. The van der Waals surface area contributed by atoms with Gasteiger partial charge < -0.3 is 10.2 Å². The average molecular weight is 444 g/mol. The van der Waals surface area contributed by atoms with Crippen molar-refractivity contribution >= 4 is 33.4 Å². The minimum atomic E-state index is -3.62. The van der Waals surface area contributed by atoms with Gasteiger partial charge >= 0.3 is 0 Å². The number of halogens is 1. The highest BCUT2D eigenvalue weighted by atomic mass is 35.5. The molecule has 1 N–H and O–H groups in total. The number of hydrogen-bond donors (Lipinski definition) is 1. The lowest BCUT2D eigenvalue weighted by Crippen LogP contribution is -2.43. The number of hydrogen-bond acceptors (Lipinski definition) is 4. The fourth-order valence-electron chi connectivity index (χ4n) is 4.70. The van der Waals surface area contributed by atoms with Gasteiger partial charge in [0.25, 0.3) is 10.0 Å². The molecule has 6 nitrogen and oxygen atoms in total. The third-order valence-corrected chi connectivity index (χ3v) is 7.84. The molecular weight excluding hydrogens is 422 g/mol. The van der Waals surface area contributed by atoms with E-state index in [1.54, 1.807) is 18.2 Å². The topological polar surface area (TPSA) is 78.8 Å². The van der Waals surface area contributed by atoms with Crippen LogP contribution in [0.4, 0.5) is 0 Å². The van der Waals surface area contributed by atoms with Gasteiger partial charge in [-0.2, -0.15) is 8.42 Å². The molecule has 1 fully saturated rings. The molecule has 1 atom stereocenters. The monoisotopic (exact) mass is 443 g/mol. The van der Waals surface area contributed by atoms with Gasteiger partial charge in [-0.05, 0) is 61.1 Å². The number of nitrogens with zero attached hydrogens (tertiary/aromatic N) is 2. The second-order valence-electron chi connectivity index (χ2n) is 8.09. The number of nitrogens with one attached hydrogen (secondary N) is 1. The van der Waals surface area contributed by atoms with Crippen molar-refractivity contribution in [2.24, 2.45) is 10.3 Å². The number of rotatable bonds is 2. The first-order valence-electron chi connectivity index (χ1n) is 10.2. The van der Waals surface area contributed by atoms with E-state index in [4.69, 9.17) is 11.6 Å². The molecule has 1 aliphatic carbocycles. The van der Waals surface area contributed by atoms with E-state index < -0.39 is 10.0 Å². The van der Waals surface area contributed by atoms with Crippen LogP contribution in [0.2, 0.25) is 5.02 Å². The Hall–Kier alpha value is -2.38. The van der Waals surface area contributed by atoms with E-state index in [0.29, 0.717) is 37.3 Å². The number of carbonyl (C=O) groups excluding carboxylic acids is 1. The fraction of sp³-hybridized carbons (Fsp3) is 0.364. The predicted octanol–water partition coefficient (Wildman–Crippen LogP) is 3.30. The molecule has 2 heterocycles. The van der Waals surface area contributed by atoms with Gasteiger partial charge in [-0.25, -0.2) is 0 Å². The zero-order valence-electron chi connectivity index (χ0n) is 16.3. The molecular formula is C22H22ClN3O3S. The average Bonchev–Trinajstić information content (AvgIpc) is 3.26. The van der Waals surface area contributed by atoms with Gasteiger partial charge in [0.1, 0.15) is 4.90 Å². The minimum Gasteiger partial charge on any atom is -0.355 e. The highest BCUT2D eigenvalue weighted by Crippen LogP contribution is 2.34. The van der Waals surface area contributed by atoms with Gasteiger partial charge in [-0.3, -0.25) is 4.79 Å². The Bertz CT molecular complexity index is 1150. The Labute approximate surface area is 181 Å². The van der Waals surface area contributed by atoms with E-state index in [1.807, 2.05) is 29.2 Å². The van der Waals surface area contributed by atoms with Crippen LogP contribution in [-0.4, -0.2) is 38.2 Å². The Morgan fingerprint density at radius 2 is 1.87 bits per heavy atom. The van der Waals surface area contributed by atoms with Crippen molar-refractivity contribution in [3.05, 3.63) is 64.2 Å². The number of fused-ring (bicyclic) bond motifs is 2. The molecule has 8 heteroatoms. The molecule has 0 spiro atoms. The smallest absolute Gasteiger partial charge is 0.285 e. The number of carbonyl (C=O) groups is 1. The van der Waals surface area contributed by atoms with Crippen LogP contribution in [0.5, 0.6) is 0 Å². The first-order valence-corrected chi connectivity index (χ1v) is 12.0. The number of benzene rings is 2. The SMILES string of the molecule is O=C(NC1CCc2cc(Cl)ccc21)C1CCN(C2=NS(=O)(=O)c3ccccc32)CC1. The van der Waals surface area contributed by atoms with Crippen molar-refractivity contribution in [3.8, 4) is 0 Å². The molecule has 0 aromatic heterocycles. The molecule has 0 saturated carbocycles. The number of likely N-dealkylation sites (tertiary alicyclic amines) is 1. The third kappa shape index (κ3) is 3.40. The molecule has 0 radical (unpaired) electrons. The standard InChI is InChI=1S/C22H22ClN3O3S/c23-16-6-7-17-15(13-16)5-8-19(17)24-22(27)14-9-11-26(12-10-14)21-18-3-1-2-4-20(18)30(28,29)25-21/h1-4,6-7,13-14,19H,5,8-12H2,(H,24,27). The van der Waals surface area contributed by atoms with Crippen LogP contribution >= 0.6 is 11.6 Å². The quantitative estimate of drug-likeness (QED) is 0.772. The largest absolute Gasteiger partial charge is 0.355 e. The van der Waals surface area contributed by atoms with Gasteiger partial charge in [0.05, 0.1) is 6.04 Å². The number of amides is 1. The lowest BCUT2D eigenvalue weighted by molar-refractivity contribution is -0.126. The molecule has 0 bridgehead atoms. The summed E-state index contributed by atoms with van der Waals surface area (Å²) in [5.74, 6) is 0.501. The van der Waals surface area contributed by atoms with Gasteiger partial charge in [-0.1, -0.05) is 29.8 Å². The molecule has 1 amide bonds. The summed E-state index contributed by atoms with van der Waals surface area (Å²) in [6.07, 6.45) is 3.17. The van der Waals surface area contributed by atoms with Crippen LogP contribution in [-0.2, 0) is 21.2 Å². The van der Waals surface area contributed by atoms with Crippen molar-refractivity contribution in [2.75, 3.05) is 13.1 Å². The van der Waals surface area contributed by atoms with Crippen LogP contribution in [0.15, 0.2) is 51.8 Å². The fourth-order valence-corrected chi connectivity index (χ4v) is 6.12. The zero-order chi connectivity index (χ0) is 20.9. The summed E-state index contributed by atoms with van der Waals surface area (Å²) in [6.45, 7) is 1.22. The minimum absolute atomic E-state index is 0.0408. The second-order valence-corrected chi connectivity index (χ2v) is 10.1. The summed E-state index contributed by atoms with van der Waals surface area (Å²) < 4.78 is 28.6. The summed E-state index contributed by atoms with van der Waals surface area (Å²) in [6, 6.07) is 12.8. The summed E-state index contributed by atoms with van der Waals surface area (Å²) in [5, 5.41) is 3.94. The van der Waals surface area contributed by atoms with Crippen molar-refractivity contribution in [3.63, 3.8) is 0 Å². The number of piperidine rings is 1. The van der Waals surface area contributed by atoms with Crippen molar-refractivity contribution < 1.29 is 13.2 Å². The first kappa shape index (κ1) is 19.6. The van der Waals surface area contributed by atoms with Crippen molar-refractivity contribution in [2.45, 2.75) is 36.6 Å². The maximum absolute atomic E-state index is 12.9. The lowest BCUT2D eigenvalue weighted by atomic mass is 9.94. The van der Waals surface area contributed by atoms with Gasteiger partial charge in [0.15, 0.2) is 5.84 Å². The Morgan fingerprint density at radius 3 is 2.67 bits per heavy atom. The molecule has 156 valence electrons. The second kappa shape index (κ2) is 7.39. The molecule has 5 rings (SSSR count). The highest BCUT2D eigenvalue weighted by Gasteiger charge is 2.35. The van der Waals surface area contributed by atoms with E-state index in [-0.39, 0.29) is 22.8 Å². The molecule has 30 heavy (non-hydrogen) atoms. The Morgan fingerprint density at radius 1 is 1.10 bits per heavy atom. The first-order chi connectivity index (χ1) is 14.4. The molecule has 3 aliphatic rings. The molecule has 1 saturated heterocycles. The maximum atomic E-state index is 12.9. The number of sulfonamides is 1. The van der Waals surface area contributed by atoms with E-state index in [0.717, 1.165) is 23.4 Å². The van der Waals surface area contributed by atoms with E-state index in [9.17, 15) is 13.2 Å². The Balaban J connectivity index is 1.24. The lowest BCUT2D eigenvalue weighted by Gasteiger charge is -2.33. The van der Waals surface area contributed by atoms with Crippen LogP contribution in [0.3, 0.4) is 0 Å². The highest BCUT2D eigenvalue weighted by molar-refractivity contribution is 7.90. The van der Waals surface area contributed by atoms with Crippen molar-refractivity contribution in [1.82, 2.24) is 10.2 Å². The molecule has 1 unspecified atom stereocenters. The molecule has 2 aromatic rings. The van der Waals surface area contributed by atoms with E-state index in [2.05, 4.69) is 9.71 Å². The summed E-state index contributed by atoms with van der Waals surface area (Å²) in [5.41, 5.74) is 3.02. The molecule has 2 aromatic carbocycles. The summed E-state index contributed by atoms with van der Waals surface area (Å²) in [4.78, 5) is 15.1. The zero-order valence-corrected chi connectivity index (χ0v) is 17.9. The third-order valence-electron chi connectivity index (χ3n) is 6.28. The van der Waals surface area contributed by atoms with Crippen LogP contribution in [0.1, 0.15) is 42.0 Å². The van der Waals surface area contributed by atoms with E-state index >= 15 is 0 Å². The molecule has 2 aliphatic heterocycles. The summed E-state index contributed by atoms with van der Waals surface area (Å²) >= 11 is 6.08. The summed E-state index contributed by atoms with van der Waals surface area (Å²) in [7, 11) is -3.62. The maximum Gasteiger partial charge on any atom is 0.285 e. The predicted molar refractivity (Wildman–Crippen MR) is 115 cm³/mol. The van der Waals surface area contributed by atoms with Gasteiger partial charge in [0, 0.05) is 29.6 Å². The van der Waals surface area contributed by atoms with Crippen LogP contribution < -0.4 is 5.32 Å². The van der Waals surface area contributed by atoms with Crippen molar-refractivity contribution in [1.29, 1.82) is 0 Å². The van der Waals surface area contributed by atoms with E-state index in [1.165, 1.54) is 5.56 Å². The van der Waals surface area contributed by atoms with Gasteiger partial charge in [-0.15, -0.1) is 4.40 Å². The Kier molecular flexibility index (Phi) is 4.82.